The zero-order valence-electron chi connectivity index (χ0n) is 26.3. The minimum atomic E-state index is 0.657. The lowest BCUT2D eigenvalue weighted by atomic mass is 9.88. The Balaban J connectivity index is 1.25. The highest BCUT2D eigenvalue weighted by Gasteiger charge is 2.21. The highest BCUT2D eigenvalue weighted by molar-refractivity contribution is 7.26. The summed E-state index contributed by atoms with van der Waals surface area (Å²) in [5, 5.41) is 9.77. The van der Waals surface area contributed by atoms with Crippen LogP contribution in [-0.2, 0) is 0 Å². The van der Waals surface area contributed by atoms with Crippen LogP contribution in [0.3, 0.4) is 0 Å². The van der Waals surface area contributed by atoms with Crippen LogP contribution in [0.25, 0.3) is 97.8 Å². The number of hydrogen-bond acceptors (Lipinski definition) is 4. The van der Waals surface area contributed by atoms with Gasteiger partial charge in [0.05, 0.1) is 0 Å². The van der Waals surface area contributed by atoms with Gasteiger partial charge in [-0.25, -0.2) is 15.0 Å². The van der Waals surface area contributed by atoms with Gasteiger partial charge in [0, 0.05) is 36.9 Å². The molecular formula is C45H27N3S. The maximum Gasteiger partial charge on any atom is 0.165 e. The topological polar surface area (TPSA) is 38.7 Å². The van der Waals surface area contributed by atoms with Crippen LogP contribution in [0.5, 0.6) is 0 Å². The summed E-state index contributed by atoms with van der Waals surface area (Å²) in [6.07, 6.45) is 0. The summed E-state index contributed by atoms with van der Waals surface area (Å²) in [5.74, 6) is 1.98. The van der Waals surface area contributed by atoms with Crippen LogP contribution in [-0.4, -0.2) is 15.0 Å². The quantitative estimate of drug-likeness (QED) is 0.180. The van der Waals surface area contributed by atoms with Crippen LogP contribution in [0.15, 0.2) is 164 Å². The normalized spacial score (nSPS) is 11.7. The van der Waals surface area contributed by atoms with E-state index in [1.54, 1.807) is 0 Å². The third-order valence-electron chi connectivity index (χ3n) is 9.51. The largest absolute Gasteiger partial charge is 0.208 e. The molecule has 0 spiro atoms. The van der Waals surface area contributed by atoms with Crippen LogP contribution in [0, 0.1) is 0 Å². The molecule has 2 heterocycles. The predicted octanol–water partition coefficient (Wildman–Crippen LogP) is 12.4. The molecule has 0 aliphatic rings. The van der Waals surface area contributed by atoms with Gasteiger partial charge >= 0.3 is 0 Å². The molecule has 49 heavy (non-hydrogen) atoms. The highest BCUT2D eigenvalue weighted by atomic mass is 32.1. The van der Waals surface area contributed by atoms with E-state index in [-0.39, 0.29) is 0 Å². The van der Waals surface area contributed by atoms with Crippen molar-refractivity contribution in [2.75, 3.05) is 0 Å². The molecule has 8 aromatic carbocycles. The molecule has 0 atom stereocenters. The van der Waals surface area contributed by atoms with Gasteiger partial charge in [0.25, 0.3) is 0 Å². The minimum Gasteiger partial charge on any atom is -0.208 e. The Labute approximate surface area is 286 Å². The first-order chi connectivity index (χ1) is 24.3. The number of rotatable bonds is 4. The summed E-state index contributed by atoms with van der Waals surface area (Å²) in [6, 6.07) is 57.9. The van der Waals surface area contributed by atoms with E-state index in [2.05, 4.69) is 127 Å². The van der Waals surface area contributed by atoms with Crippen LogP contribution < -0.4 is 0 Å². The molecule has 0 N–H and O–H groups in total. The average molecular weight is 642 g/mol. The van der Waals surface area contributed by atoms with Gasteiger partial charge in [-0.2, -0.15) is 0 Å². The Bertz CT molecular complexity index is 2760. The van der Waals surface area contributed by atoms with Crippen molar-refractivity contribution in [2.45, 2.75) is 0 Å². The van der Waals surface area contributed by atoms with Crippen LogP contribution in [0.1, 0.15) is 0 Å². The Kier molecular flexibility index (Phi) is 6.36. The number of aromatic nitrogens is 3. The van der Waals surface area contributed by atoms with E-state index < -0.39 is 0 Å². The fourth-order valence-corrected chi connectivity index (χ4v) is 8.54. The second-order valence-electron chi connectivity index (χ2n) is 12.4. The maximum absolute atomic E-state index is 5.17. The molecule has 0 aliphatic carbocycles. The van der Waals surface area contributed by atoms with Gasteiger partial charge in [-0.05, 0) is 49.5 Å². The van der Waals surface area contributed by atoms with Crippen molar-refractivity contribution < 1.29 is 0 Å². The van der Waals surface area contributed by atoms with Crippen molar-refractivity contribution in [2.24, 2.45) is 0 Å². The molecule has 4 heteroatoms. The van der Waals surface area contributed by atoms with E-state index in [0.29, 0.717) is 17.5 Å². The number of benzene rings is 8. The first-order valence-electron chi connectivity index (χ1n) is 16.5. The second-order valence-corrected chi connectivity index (χ2v) is 13.4. The monoisotopic (exact) mass is 641 g/mol. The number of hydrogen-bond donors (Lipinski definition) is 0. The standard InChI is InChI=1S/C45H27N3S/c1-3-14-29(15-4-1)43-46-44(30-16-5-2-6-17-30)48-45(47-43)41-36-21-11-9-19-34(36)40(35-20-10-12-22-37(35)41)31-24-25-33-38-26-23-28-13-7-8-18-32(28)42(38)49-39(33)27-31/h1-27H. The van der Waals surface area contributed by atoms with Crippen molar-refractivity contribution in [1.29, 1.82) is 0 Å². The Morgan fingerprint density at radius 3 is 1.43 bits per heavy atom. The minimum absolute atomic E-state index is 0.657. The van der Waals surface area contributed by atoms with Gasteiger partial charge in [-0.1, -0.05) is 158 Å². The van der Waals surface area contributed by atoms with E-state index in [1.165, 1.54) is 52.8 Å². The molecule has 10 aromatic rings. The lowest BCUT2D eigenvalue weighted by molar-refractivity contribution is 1.08. The fourth-order valence-electron chi connectivity index (χ4n) is 7.26. The van der Waals surface area contributed by atoms with Gasteiger partial charge in [0.1, 0.15) is 0 Å². The zero-order chi connectivity index (χ0) is 32.3. The first kappa shape index (κ1) is 27.8. The van der Waals surface area contributed by atoms with E-state index in [4.69, 9.17) is 15.0 Å². The Morgan fingerprint density at radius 2 is 0.816 bits per heavy atom. The van der Waals surface area contributed by atoms with Crippen molar-refractivity contribution in [3.63, 3.8) is 0 Å². The van der Waals surface area contributed by atoms with Gasteiger partial charge in [-0.15, -0.1) is 11.3 Å². The van der Waals surface area contributed by atoms with Gasteiger partial charge < -0.3 is 0 Å². The molecule has 228 valence electrons. The average Bonchev–Trinajstić information content (AvgIpc) is 3.56. The van der Waals surface area contributed by atoms with Crippen LogP contribution in [0.2, 0.25) is 0 Å². The first-order valence-corrected chi connectivity index (χ1v) is 17.3. The van der Waals surface area contributed by atoms with E-state index >= 15 is 0 Å². The molecule has 0 saturated heterocycles. The molecule has 0 unspecified atom stereocenters. The zero-order valence-corrected chi connectivity index (χ0v) is 27.2. The summed E-state index contributed by atoms with van der Waals surface area (Å²) in [4.78, 5) is 15.3. The summed E-state index contributed by atoms with van der Waals surface area (Å²) in [6.45, 7) is 0. The third-order valence-corrected chi connectivity index (χ3v) is 10.7. The summed E-state index contributed by atoms with van der Waals surface area (Å²) >= 11 is 1.88. The molecular weight excluding hydrogens is 615 g/mol. The van der Waals surface area contributed by atoms with Crippen LogP contribution in [0.4, 0.5) is 0 Å². The molecule has 3 nitrogen and oxygen atoms in total. The molecule has 2 aromatic heterocycles. The lowest BCUT2D eigenvalue weighted by Crippen LogP contribution is -2.01. The highest BCUT2D eigenvalue weighted by Crippen LogP contribution is 2.45. The summed E-state index contributed by atoms with van der Waals surface area (Å²) < 4.78 is 2.63. The van der Waals surface area contributed by atoms with Crippen molar-refractivity contribution in [1.82, 2.24) is 15.0 Å². The smallest absolute Gasteiger partial charge is 0.165 e. The van der Waals surface area contributed by atoms with Crippen LogP contribution >= 0.6 is 11.3 Å². The Hall–Kier alpha value is -6.23. The van der Waals surface area contributed by atoms with Crippen molar-refractivity contribution in [3.05, 3.63) is 164 Å². The number of nitrogens with zero attached hydrogens (tertiary/aromatic N) is 3. The van der Waals surface area contributed by atoms with Gasteiger partial charge in [0.2, 0.25) is 0 Å². The van der Waals surface area contributed by atoms with Crippen molar-refractivity contribution >= 4 is 63.8 Å². The molecule has 0 radical (unpaired) electrons. The molecule has 0 fully saturated rings. The lowest BCUT2D eigenvalue weighted by Gasteiger charge is -2.17. The summed E-state index contributed by atoms with van der Waals surface area (Å²) in [7, 11) is 0. The van der Waals surface area contributed by atoms with E-state index in [9.17, 15) is 0 Å². The molecule has 0 aliphatic heterocycles. The summed E-state index contributed by atoms with van der Waals surface area (Å²) in [5.41, 5.74) is 5.35. The molecule has 0 amide bonds. The Morgan fingerprint density at radius 1 is 0.327 bits per heavy atom. The van der Waals surface area contributed by atoms with Gasteiger partial charge in [0.15, 0.2) is 17.5 Å². The van der Waals surface area contributed by atoms with Gasteiger partial charge in [-0.3, -0.25) is 0 Å². The number of fused-ring (bicyclic) bond motifs is 7. The van der Waals surface area contributed by atoms with E-state index in [0.717, 1.165) is 27.5 Å². The fraction of sp³-hybridized carbons (Fsp3) is 0. The maximum atomic E-state index is 5.17. The predicted molar refractivity (Wildman–Crippen MR) is 207 cm³/mol. The number of thiophene rings is 1. The van der Waals surface area contributed by atoms with Crippen molar-refractivity contribution in [3.8, 4) is 45.3 Å². The molecule has 0 saturated carbocycles. The second kappa shape index (κ2) is 11.2. The molecule has 10 rings (SSSR count). The molecule has 0 bridgehead atoms. The third kappa shape index (κ3) is 4.53. The van der Waals surface area contributed by atoms with E-state index in [1.807, 2.05) is 47.7 Å². The SMILES string of the molecule is c1ccc(-c2nc(-c3ccccc3)nc(-c3c4ccccc4c(-c4ccc5c(c4)sc4c6ccccc6ccc54)c4ccccc34)n2)cc1.